The molecule has 1 aliphatic heterocycles. The van der Waals surface area contributed by atoms with Crippen LogP contribution in [0.4, 0.5) is 0 Å². The molecule has 1 aliphatic carbocycles. The highest BCUT2D eigenvalue weighted by atomic mass is 16.2. The molecule has 2 bridgehead atoms. The minimum atomic E-state index is -0.213. The molecule has 3 rings (SSSR count). The SMILES string of the molecule is O=C(c1cc[nH]c(=O)c1)N1CC2CCC1C2. The Balaban J connectivity index is 1.86. The molecule has 84 valence electrons. The Morgan fingerprint density at radius 3 is 2.94 bits per heavy atom. The Morgan fingerprint density at radius 2 is 2.31 bits per heavy atom. The number of piperidine rings is 1. The number of hydrogen-bond donors (Lipinski definition) is 1. The van der Waals surface area contributed by atoms with Crippen LogP contribution in [0, 0.1) is 5.92 Å². The number of carbonyl (C=O) groups is 1. The summed E-state index contributed by atoms with van der Waals surface area (Å²) in [5.74, 6) is 0.703. The molecule has 0 spiro atoms. The monoisotopic (exact) mass is 218 g/mol. The number of hydrogen-bond acceptors (Lipinski definition) is 2. The van der Waals surface area contributed by atoms with Gasteiger partial charge in [-0.05, 0) is 31.2 Å². The summed E-state index contributed by atoms with van der Waals surface area (Å²) < 4.78 is 0. The van der Waals surface area contributed by atoms with Crippen LogP contribution in [-0.4, -0.2) is 28.4 Å². The lowest BCUT2D eigenvalue weighted by Gasteiger charge is -2.26. The fourth-order valence-electron chi connectivity index (χ4n) is 2.92. The summed E-state index contributed by atoms with van der Waals surface area (Å²) in [5.41, 5.74) is 0.298. The Morgan fingerprint density at radius 1 is 1.44 bits per heavy atom. The summed E-state index contributed by atoms with van der Waals surface area (Å²) in [5, 5.41) is 0. The Labute approximate surface area is 93.3 Å². The zero-order chi connectivity index (χ0) is 11.1. The molecule has 1 aromatic heterocycles. The predicted molar refractivity (Wildman–Crippen MR) is 59.2 cm³/mol. The second kappa shape index (κ2) is 3.47. The molecule has 2 heterocycles. The molecule has 4 nitrogen and oxygen atoms in total. The smallest absolute Gasteiger partial charge is 0.254 e. The molecule has 4 heteroatoms. The second-order valence-electron chi connectivity index (χ2n) is 4.73. The van der Waals surface area contributed by atoms with Crippen molar-refractivity contribution in [3.8, 4) is 0 Å². The summed E-state index contributed by atoms with van der Waals surface area (Å²) in [7, 11) is 0. The molecule has 2 unspecified atom stereocenters. The van der Waals surface area contributed by atoms with Crippen LogP contribution in [0.15, 0.2) is 23.1 Å². The molecular formula is C12H14N2O2. The third kappa shape index (κ3) is 1.45. The quantitative estimate of drug-likeness (QED) is 0.764. The van der Waals surface area contributed by atoms with Crippen molar-refractivity contribution in [2.75, 3.05) is 6.54 Å². The number of rotatable bonds is 1. The van der Waals surface area contributed by atoms with Crippen LogP contribution < -0.4 is 5.56 Å². The van der Waals surface area contributed by atoms with Crippen molar-refractivity contribution in [1.82, 2.24) is 9.88 Å². The highest BCUT2D eigenvalue weighted by molar-refractivity contribution is 5.94. The maximum atomic E-state index is 12.2. The molecule has 1 N–H and O–H groups in total. The van der Waals surface area contributed by atoms with Crippen molar-refractivity contribution in [3.63, 3.8) is 0 Å². The number of carbonyl (C=O) groups excluding carboxylic acids is 1. The van der Waals surface area contributed by atoms with Crippen LogP contribution in [-0.2, 0) is 0 Å². The second-order valence-corrected chi connectivity index (χ2v) is 4.73. The average Bonchev–Trinajstić information content (AvgIpc) is 2.89. The van der Waals surface area contributed by atoms with Gasteiger partial charge in [0.25, 0.3) is 5.91 Å². The van der Waals surface area contributed by atoms with Crippen molar-refractivity contribution >= 4 is 5.91 Å². The number of pyridine rings is 1. The standard InChI is InChI=1S/C12H14N2O2/c15-11-6-9(3-4-13-11)12(16)14-7-8-1-2-10(14)5-8/h3-4,6,8,10H,1-2,5,7H2,(H,13,15). The lowest BCUT2D eigenvalue weighted by molar-refractivity contribution is 0.0703. The molecule has 0 aromatic carbocycles. The number of aromatic nitrogens is 1. The maximum absolute atomic E-state index is 12.2. The van der Waals surface area contributed by atoms with Crippen molar-refractivity contribution in [1.29, 1.82) is 0 Å². The predicted octanol–water partition coefficient (Wildman–Crippen LogP) is 0.999. The number of aromatic amines is 1. The molecule has 2 aliphatic rings. The molecule has 16 heavy (non-hydrogen) atoms. The number of amides is 1. The van der Waals surface area contributed by atoms with Gasteiger partial charge in [-0.25, -0.2) is 0 Å². The van der Waals surface area contributed by atoms with Gasteiger partial charge in [-0.3, -0.25) is 9.59 Å². The topological polar surface area (TPSA) is 53.2 Å². The van der Waals surface area contributed by atoms with E-state index in [2.05, 4.69) is 4.98 Å². The van der Waals surface area contributed by atoms with Crippen molar-refractivity contribution in [2.24, 2.45) is 5.92 Å². The molecule has 1 saturated carbocycles. The van der Waals surface area contributed by atoms with Crippen molar-refractivity contribution < 1.29 is 4.79 Å². The van der Waals surface area contributed by atoms with E-state index in [1.165, 1.54) is 18.7 Å². The molecule has 2 fully saturated rings. The van der Waals surface area contributed by atoms with Crippen LogP contribution >= 0.6 is 0 Å². The fourth-order valence-corrected chi connectivity index (χ4v) is 2.92. The van der Waals surface area contributed by atoms with E-state index in [-0.39, 0.29) is 11.5 Å². The van der Waals surface area contributed by atoms with Gasteiger partial charge in [0.15, 0.2) is 0 Å². The van der Waals surface area contributed by atoms with E-state index in [9.17, 15) is 9.59 Å². The molecular weight excluding hydrogens is 204 g/mol. The summed E-state index contributed by atoms with van der Waals surface area (Å²) in [6.07, 6.45) is 5.06. The van der Waals surface area contributed by atoms with Crippen molar-refractivity contribution in [2.45, 2.75) is 25.3 Å². The van der Waals surface area contributed by atoms with Crippen LogP contribution in [0.5, 0.6) is 0 Å². The first-order valence-corrected chi connectivity index (χ1v) is 5.74. The van der Waals surface area contributed by atoms with Crippen LogP contribution in [0.3, 0.4) is 0 Å². The number of likely N-dealkylation sites (tertiary alicyclic amines) is 1. The maximum Gasteiger partial charge on any atom is 0.254 e. The first-order chi connectivity index (χ1) is 7.74. The Kier molecular flexibility index (Phi) is 2.09. The van der Waals surface area contributed by atoms with E-state index in [0.717, 1.165) is 19.4 Å². The molecule has 2 atom stereocenters. The largest absolute Gasteiger partial charge is 0.335 e. The first kappa shape index (κ1) is 9.63. The van der Waals surface area contributed by atoms with Gasteiger partial charge in [-0.1, -0.05) is 0 Å². The van der Waals surface area contributed by atoms with E-state index in [0.29, 0.717) is 17.5 Å². The van der Waals surface area contributed by atoms with Gasteiger partial charge in [-0.15, -0.1) is 0 Å². The van der Waals surface area contributed by atoms with Gasteiger partial charge in [0.1, 0.15) is 0 Å². The zero-order valence-corrected chi connectivity index (χ0v) is 8.98. The van der Waals surface area contributed by atoms with E-state index < -0.39 is 0 Å². The van der Waals surface area contributed by atoms with Crippen LogP contribution in [0.1, 0.15) is 29.6 Å². The molecule has 1 saturated heterocycles. The van der Waals surface area contributed by atoms with Crippen molar-refractivity contribution in [3.05, 3.63) is 34.2 Å². The van der Waals surface area contributed by atoms with Gasteiger partial charge in [0.05, 0.1) is 0 Å². The zero-order valence-electron chi connectivity index (χ0n) is 8.98. The third-order valence-electron chi connectivity index (χ3n) is 3.69. The highest BCUT2D eigenvalue weighted by Crippen LogP contribution is 2.37. The normalized spacial score (nSPS) is 27.4. The minimum absolute atomic E-state index is 0.0123. The number of H-pyrrole nitrogens is 1. The van der Waals surface area contributed by atoms with Crippen LogP contribution in [0.2, 0.25) is 0 Å². The van der Waals surface area contributed by atoms with E-state index in [1.807, 2.05) is 4.90 Å². The Bertz CT molecular complexity index is 480. The van der Waals surface area contributed by atoms with Gasteiger partial charge in [0, 0.05) is 30.4 Å². The third-order valence-corrected chi connectivity index (χ3v) is 3.69. The lowest BCUT2D eigenvalue weighted by Crippen LogP contribution is -2.38. The summed E-state index contributed by atoms with van der Waals surface area (Å²) in [6, 6.07) is 3.47. The first-order valence-electron chi connectivity index (χ1n) is 5.74. The summed E-state index contributed by atoms with van der Waals surface area (Å²) >= 11 is 0. The molecule has 0 radical (unpaired) electrons. The average molecular weight is 218 g/mol. The summed E-state index contributed by atoms with van der Waals surface area (Å²) in [6.45, 7) is 0.871. The molecule has 1 amide bonds. The van der Waals surface area contributed by atoms with Gasteiger partial charge in [0.2, 0.25) is 5.56 Å². The lowest BCUT2D eigenvalue weighted by atomic mass is 10.1. The number of nitrogens with one attached hydrogen (secondary N) is 1. The Hall–Kier alpha value is -1.58. The van der Waals surface area contributed by atoms with E-state index in [4.69, 9.17) is 0 Å². The number of nitrogens with zero attached hydrogens (tertiary/aromatic N) is 1. The highest BCUT2D eigenvalue weighted by Gasteiger charge is 2.40. The van der Waals surface area contributed by atoms with Gasteiger partial charge >= 0.3 is 0 Å². The van der Waals surface area contributed by atoms with Crippen LogP contribution in [0.25, 0.3) is 0 Å². The molecule has 1 aromatic rings. The van der Waals surface area contributed by atoms with Gasteiger partial charge in [-0.2, -0.15) is 0 Å². The van der Waals surface area contributed by atoms with Gasteiger partial charge < -0.3 is 9.88 Å². The van der Waals surface area contributed by atoms with E-state index in [1.54, 1.807) is 6.07 Å². The summed E-state index contributed by atoms with van der Waals surface area (Å²) in [4.78, 5) is 27.8. The minimum Gasteiger partial charge on any atom is -0.335 e. The fraction of sp³-hybridized carbons (Fsp3) is 0.500. The van der Waals surface area contributed by atoms with E-state index >= 15 is 0 Å². The number of fused-ring (bicyclic) bond motifs is 2.